The van der Waals surface area contributed by atoms with Gasteiger partial charge in [0.05, 0.1) is 6.04 Å². The summed E-state index contributed by atoms with van der Waals surface area (Å²) >= 11 is 5.39. The van der Waals surface area contributed by atoms with E-state index < -0.39 is 0 Å². The fourth-order valence-corrected chi connectivity index (χ4v) is 2.60. The second-order valence-corrected chi connectivity index (χ2v) is 5.71. The first-order chi connectivity index (χ1) is 11.1. The van der Waals surface area contributed by atoms with Crippen LogP contribution in [-0.4, -0.2) is 11.7 Å². The Morgan fingerprint density at radius 1 is 1.22 bits per heavy atom. The molecule has 120 valence electrons. The highest BCUT2D eigenvalue weighted by atomic mass is 32.1. The molecule has 0 saturated carbocycles. The number of aryl methyl sites for hydroxylation is 1. The number of nitrogens with one attached hydrogen (secondary N) is 2. The van der Waals surface area contributed by atoms with Crippen LogP contribution < -0.4 is 15.4 Å². The highest BCUT2D eigenvalue weighted by molar-refractivity contribution is 7.80. The Balaban J connectivity index is 1.91. The van der Waals surface area contributed by atoms with E-state index in [1.165, 1.54) is 11.1 Å². The fourth-order valence-electron chi connectivity index (χ4n) is 2.30. The SMILES string of the molecule is C=CCOc1ccc(NC(=S)N[C@@H](C)c2ccccc2C)cc1. The molecule has 0 bridgehead atoms. The van der Waals surface area contributed by atoms with Gasteiger partial charge in [-0.25, -0.2) is 0 Å². The molecule has 1 atom stereocenters. The normalized spacial score (nSPS) is 11.4. The van der Waals surface area contributed by atoms with Gasteiger partial charge < -0.3 is 15.4 Å². The van der Waals surface area contributed by atoms with Gasteiger partial charge in [0.25, 0.3) is 0 Å². The number of rotatable bonds is 6. The summed E-state index contributed by atoms with van der Waals surface area (Å²) in [4.78, 5) is 0. The molecule has 2 N–H and O–H groups in total. The van der Waals surface area contributed by atoms with E-state index in [2.05, 4.69) is 43.2 Å². The van der Waals surface area contributed by atoms with Crippen LogP contribution in [0.2, 0.25) is 0 Å². The summed E-state index contributed by atoms with van der Waals surface area (Å²) < 4.78 is 5.46. The number of ether oxygens (including phenoxy) is 1. The van der Waals surface area contributed by atoms with Crippen LogP contribution in [0.3, 0.4) is 0 Å². The first kappa shape index (κ1) is 17.0. The Kier molecular flexibility index (Phi) is 6.18. The van der Waals surface area contributed by atoms with Gasteiger partial charge in [-0.1, -0.05) is 36.9 Å². The summed E-state index contributed by atoms with van der Waals surface area (Å²) in [5.41, 5.74) is 3.41. The molecule has 3 nitrogen and oxygen atoms in total. The lowest BCUT2D eigenvalue weighted by molar-refractivity contribution is 0.363. The van der Waals surface area contributed by atoms with Gasteiger partial charge in [-0.05, 0) is 61.5 Å². The van der Waals surface area contributed by atoms with Gasteiger partial charge in [-0.3, -0.25) is 0 Å². The third-order valence-electron chi connectivity index (χ3n) is 3.48. The van der Waals surface area contributed by atoms with Crippen LogP contribution in [0.5, 0.6) is 5.75 Å². The van der Waals surface area contributed by atoms with E-state index in [0.717, 1.165) is 11.4 Å². The zero-order valence-corrected chi connectivity index (χ0v) is 14.3. The van der Waals surface area contributed by atoms with Crippen LogP contribution in [0.1, 0.15) is 24.1 Å². The van der Waals surface area contributed by atoms with Crippen LogP contribution >= 0.6 is 12.2 Å². The number of benzene rings is 2. The van der Waals surface area contributed by atoms with Gasteiger partial charge in [0.2, 0.25) is 0 Å². The summed E-state index contributed by atoms with van der Waals surface area (Å²) in [5, 5.41) is 7.10. The van der Waals surface area contributed by atoms with Gasteiger partial charge in [-0.2, -0.15) is 0 Å². The first-order valence-electron chi connectivity index (χ1n) is 7.57. The maximum absolute atomic E-state index is 5.46. The molecule has 2 aromatic carbocycles. The van der Waals surface area contributed by atoms with E-state index in [-0.39, 0.29) is 6.04 Å². The lowest BCUT2D eigenvalue weighted by Gasteiger charge is -2.19. The third kappa shape index (κ3) is 5.11. The molecule has 0 aliphatic carbocycles. The Bertz CT molecular complexity index is 667. The number of hydrogen-bond acceptors (Lipinski definition) is 2. The van der Waals surface area contributed by atoms with Crippen LogP contribution in [0.25, 0.3) is 0 Å². The molecule has 0 radical (unpaired) electrons. The van der Waals surface area contributed by atoms with Crippen molar-refractivity contribution in [2.75, 3.05) is 11.9 Å². The molecule has 0 amide bonds. The molecule has 2 aromatic rings. The minimum Gasteiger partial charge on any atom is -0.490 e. The standard InChI is InChI=1S/C19H22N2OS/c1-4-13-22-17-11-9-16(10-12-17)21-19(23)20-15(3)18-8-6-5-7-14(18)2/h4-12,15H,1,13H2,2-3H3,(H2,20,21,23)/t15-/m0/s1. The van der Waals surface area contributed by atoms with Crippen LogP contribution in [0.4, 0.5) is 5.69 Å². The summed E-state index contributed by atoms with van der Waals surface area (Å²) in [7, 11) is 0. The van der Waals surface area contributed by atoms with E-state index in [1.54, 1.807) is 6.08 Å². The highest BCUT2D eigenvalue weighted by Gasteiger charge is 2.09. The van der Waals surface area contributed by atoms with Crippen LogP contribution in [-0.2, 0) is 0 Å². The minimum atomic E-state index is 0.145. The lowest BCUT2D eigenvalue weighted by atomic mass is 10.0. The van der Waals surface area contributed by atoms with Gasteiger partial charge >= 0.3 is 0 Å². The molecule has 23 heavy (non-hydrogen) atoms. The molecular formula is C19H22N2OS. The van der Waals surface area contributed by atoms with E-state index >= 15 is 0 Å². The Morgan fingerprint density at radius 3 is 2.57 bits per heavy atom. The predicted molar refractivity (Wildman–Crippen MR) is 101 cm³/mol. The maximum atomic E-state index is 5.46. The molecule has 0 spiro atoms. The molecular weight excluding hydrogens is 304 g/mol. The molecule has 0 aromatic heterocycles. The van der Waals surface area contributed by atoms with Crippen molar-refractivity contribution in [2.45, 2.75) is 19.9 Å². The van der Waals surface area contributed by atoms with Gasteiger partial charge in [-0.15, -0.1) is 0 Å². The average Bonchev–Trinajstić information content (AvgIpc) is 2.54. The van der Waals surface area contributed by atoms with E-state index in [0.29, 0.717) is 11.7 Å². The Hall–Kier alpha value is -2.33. The molecule has 0 saturated heterocycles. The van der Waals surface area contributed by atoms with Crippen molar-refractivity contribution < 1.29 is 4.74 Å². The molecule has 0 fully saturated rings. The first-order valence-corrected chi connectivity index (χ1v) is 7.98. The van der Waals surface area contributed by atoms with Crippen molar-refractivity contribution in [3.05, 3.63) is 72.3 Å². The average molecular weight is 326 g/mol. The second-order valence-electron chi connectivity index (χ2n) is 5.30. The molecule has 0 heterocycles. The molecule has 0 aliphatic heterocycles. The molecule has 2 rings (SSSR count). The highest BCUT2D eigenvalue weighted by Crippen LogP contribution is 2.18. The molecule has 0 unspecified atom stereocenters. The van der Waals surface area contributed by atoms with Gasteiger partial charge in [0.1, 0.15) is 12.4 Å². The number of hydrogen-bond donors (Lipinski definition) is 2. The largest absolute Gasteiger partial charge is 0.490 e. The molecule has 0 aliphatic rings. The zero-order chi connectivity index (χ0) is 16.7. The topological polar surface area (TPSA) is 33.3 Å². The van der Waals surface area contributed by atoms with Crippen molar-refractivity contribution in [2.24, 2.45) is 0 Å². The van der Waals surface area contributed by atoms with Crippen molar-refractivity contribution in [1.29, 1.82) is 0 Å². The quantitative estimate of drug-likeness (QED) is 0.600. The second kappa shape index (κ2) is 8.34. The van der Waals surface area contributed by atoms with Crippen LogP contribution in [0, 0.1) is 6.92 Å². The minimum absolute atomic E-state index is 0.145. The van der Waals surface area contributed by atoms with Crippen molar-refractivity contribution in [3.8, 4) is 5.75 Å². The Morgan fingerprint density at radius 2 is 1.91 bits per heavy atom. The van der Waals surface area contributed by atoms with Crippen molar-refractivity contribution in [1.82, 2.24) is 5.32 Å². The van der Waals surface area contributed by atoms with E-state index in [1.807, 2.05) is 36.4 Å². The summed E-state index contributed by atoms with van der Waals surface area (Å²) in [6.07, 6.45) is 1.72. The van der Waals surface area contributed by atoms with Gasteiger partial charge in [0, 0.05) is 5.69 Å². The van der Waals surface area contributed by atoms with Gasteiger partial charge in [0.15, 0.2) is 5.11 Å². The summed E-state index contributed by atoms with van der Waals surface area (Å²) in [6, 6.07) is 16.1. The summed E-state index contributed by atoms with van der Waals surface area (Å²) in [5.74, 6) is 0.808. The fraction of sp³-hybridized carbons (Fsp3) is 0.211. The number of anilines is 1. The van der Waals surface area contributed by atoms with Crippen molar-refractivity contribution in [3.63, 3.8) is 0 Å². The maximum Gasteiger partial charge on any atom is 0.171 e. The monoisotopic (exact) mass is 326 g/mol. The predicted octanol–water partition coefficient (Wildman–Crippen LogP) is 4.61. The lowest BCUT2D eigenvalue weighted by Crippen LogP contribution is -2.31. The summed E-state index contributed by atoms with van der Waals surface area (Å²) in [6.45, 7) is 8.33. The zero-order valence-electron chi connectivity index (χ0n) is 13.5. The molecule has 4 heteroatoms. The number of thiocarbonyl (C=S) groups is 1. The smallest absolute Gasteiger partial charge is 0.171 e. The third-order valence-corrected chi connectivity index (χ3v) is 3.70. The van der Waals surface area contributed by atoms with E-state index in [9.17, 15) is 0 Å². The van der Waals surface area contributed by atoms with Crippen LogP contribution in [0.15, 0.2) is 61.2 Å². The Labute approximate surface area is 143 Å². The van der Waals surface area contributed by atoms with E-state index in [4.69, 9.17) is 17.0 Å². The van der Waals surface area contributed by atoms with Crippen molar-refractivity contribution >= 4 is 23.0 Å².